The maximum Gasteiger partial charge on any atom is 0.253 e. The summed E-state index contributed by atoms with van der Waals surface area (Å²) in [5.74, 6) is 0.418. The Balaban J connectivity index is 1.92. The van der Waals surface area contributed by atoms with Crippen molar-refractivity contribution in [3.05, 3.63) is 29.8 Å². The largest absolute Gasteiger partial charge is 0.364 e. The van der Waals surface area contributed by atoms with Gasteiger partial charge in [0.25, 0.3) is 5.91 Å². The van der Waals surface area contributed by atoms with Crippen molar-refractivity contribution in [3.63, 3.8) is 0 Å². The zero-order valence-corrected chi connectivity index (χ0v) is 11.6. The number of carbonyl (C=O) groups is 1. The van der Waals surface area contributed by atoms with Gasteiger partial charge in [-0.2, -0.15) is 0 Å². The van der Waals surface area contributed by atoms with Crippen LogP contribution in [0.4, 0.5) is 5.69 Å². The molecule has 1 saturated heterocycles. The fraction of sp³-hybridized carbons (Fsp3) is 0.533. The smallest absolute Gasteiger partial charge is 0.253 e. The quantitative estimate of drug-likeness (QED) is 0.874. The highest BCUT2D eigenvalue weighted by Crippen LogP contribution is 2.21. The van der Waals surface area contributed by atoms with Crippen molar-refractivity contribution in [3.8, 4) is 0 Å². The van der Waals surface area contributed by atoms with Crippen LogP contribution in [-0.4, -0.2) is 24.7 Å². The van der Waals surface area contributed by atoms with Crippen LogP contribution in [-0.2, 0) is 9.53 Å². The lowest BCUT2D eigenvalue weighted by Crippen LogP contribution is -2.29. The molecule has 4 heteroatoms. The maximum absolute atomic E-state index is 12.0. The number of nitrogens with two attached hydrogens (primary N) is 1. The highest BCUT2D eigenvalue weighted by atomic mass is 16.5. The molecule has 1 aromatic carbocycles. The van der Waals surface area contributed by atoms with Crippen molar-refractivity contribution in [2.75, 3.05) is 11.9 Å². The van der Waals surface area contributed by atoms with Gasteiger partial charge in [0.1, 0.15) is 6.10 Å². The number of rotatable bonds is 4. The molecule has 0 spiro atoms. The molecule has 2 rings (SSSR count). The topological polar surface area (TPSA) is 64.4 Å². The zero-order valence-electron chi connectivity index (χ0n) is 11.6. The fourth-order valence-electron chi connectivity index (χ4n) is 2.25. The first kappa shape index (κ1) is 14.0. The van der Waals surface area contributed by atoms with Gasteiger partial charge in [0.05, 0.1) is 6.10 Å². The minimum absolute atomic E-state index is 0.0269. The fourth-order valence-corrected chi connectivity index (χ4v) is 2.25. The molecule has 1 aliphatic heterocycles. The molecule has 4 nitrogen and oxygen atoms in total. The van der Waals surface area contributed by atoms with E-state index in [4.69, 9.17) is 10.5 Å². The lowest BCUT2D eigenvalue weighted by Gasteiger charge is -2.13. The molecule has 1 aliphatic rings. The van der Waals surface area contributed by atoms with Crippen LogP contribution in [0.5, 0.6) is 0 Å². The van der Waals surface area contributed by atoms with Crippen LogP contribution in [0.2, 0.25) is 0 Å². The molecule has 0 saturated carbocycles. The molecular weight excluding hydrogens is 240 g/mol. The predicted molar refractivity (Wildman–Crippen MR) is 76.1 cm³/mol. The van der Waals surface area contributed by atoms with E-state index in [2.05, 4.69) is 19.2 Å². The van der Waals surface area contributed by atoms with E-state index in [1.807, 2.05) is 24.3 Å². The highest BCUT2D eigenvalue weighted by molar-refractivity contribution is 5.94. The summed E-state index contributed by atoms with van der Waals surface area (Å²) in [6.45, 7) is 4.77. The molecule has 0 aliphatic carbocycles. The first-order chi connectivity index (χ1) is 9.10. The van der Waals surface area contributed by atoms with Crippen molar-refractivity contribution in [1.82, 2.24) is 0 Å². The number of hydrogen-bond donors (Lipinski definition) is 2. The third-order valence-electron chi connectivity index (χ3n) is 3.51. The van der Waals surface area contributed by atoms with E-state index in [1.54, 1.807) is 0 Å². The summed E-state index contributed by atoms with van der Waals surface area (Å²) >= 11 is 0. The van der Waals surface area contributed by atoms with Crippen molar-refractivity contribution >= 4 is 11.6 Å². The molecule has 0 aromatic heterocycles. The van der Waals surface area contributed by atoms with Gasteiger partial charge in [0.15, 0.2) is 0 Å². The normalized spacial score (nSPS) is 22.7. The van der Waals surface area contributed by atoms with E-state index < -0.39 is 0 Å². The average molecular weight is 262 g/mol. The van der Waals surface area contributed by atoms with Gasteiger partial charge in [0.2, 0.25) is 0 Å². The van der Waals surface area contributed by atoms with Crippen LogP contribution in [0.15, 0.2) is 24.3 Å². The van der Waals surface area contributed by atoms with E-state index >= 15 is 0 Å². The molecule has 1 fully saturated rings. The Kier molecular flexibility index (Phi) is 4.56. The lowest BCUT2D eigenvalue weighted by atomic mass is 10.0. The summed E-state index contributed by atoms with van der Waals surface area (Å²) in [7, 11) is 0. The Morgan fingerprint density at radius 3 is 2.58 bits per heavy atom. The minimum Gasteiger partial charge on any atom is -0.364 e. The summed E-state index contributed by atoms with van der Waals surface area (Å²) < 4.78 is 5.57. The molecular formula is C15H22N2O2. The van der Waals surface area contributed by atoms with Crippen LogP contribution >= 0.6 is 0 Å². The molecule has 104 valence electrons. The number of benzene rings is 1. The van der Waals surface area contributed by atoms with E-state index in [1.165, 1.54) is 5.56 Å². The van der Waals surface area contributed by atoms with Gasteiger partial charge >= 0.3 is 0 Å². The highest BCUT2D eigenvalue weighted by Gasteiger charge is 2.29. The second-order valence-electron chi connectivity index (χ2n) is 5.33. The summed E-state index contributed by atoms with van der Waals surface area (Å²) in [6, 6.07) is 7.95. The van der Waals surface area contributed by atoms with Gasteiger partial charge in [-0.25, -0.2) is 0 Å². The molecule has 2 atom stereocenters. The third kappa shape index (κ3) is 3.55. The van der Waals surface area contributed by atoms with Gasteiger partial charge in [-0.1, -0.05) is 26.0 Å². The monoisotopic (exact) mass is 262 g/mol. The molecule has 1 aromatic rings. The molecule has 1 heterocycles. The number of anilines is 1. The molecule has 0 bridgehead atoms. The molecule has 3 N–H and O–H groups in total. The van der Waals surface area contributed by atoms with Gasteiger partial charge in [-0.15, -0.1) is 0 Å². The number of amides is 1. The van der Waals surface area contributed by atoms with Crippen LogP contribution < -0.4 is 11.1 Å². The van der Waals surface area contributed by atoms with E-state index in [0.717, 1.165) is 18.5 Å². The Bertz CT molecular complexity index is 428. The Hall–Kier alpha value is -1.39. The third-order valence-corrected chi connectivity index (χ3v) is 3.51. The average Bonchev–Trinajstić information content (AvgIpc) is 2.88. The standard InChI is InChI=1S/C15H22N2O2/c1-10(2)11-3-5-12(6-4-11)17-15(18)14-8-7-13(9-16)19-14/h3-6,10,13-14H,7-9,16H2,1-2H3,(H,17,18). The Morgan fingerprint density at radius 1 is 1.37 bits per heavy atom. The van der Waals surface area contributed by atoms with Gasteiger partial charge in [-0.05, 0) is 36.5 Å². The number of nitrogens with one attached hydrogen (secondary N) is 1. The van der Waals surface area contributed by atoms with Crippen molar-refractivity contribution in [2.24, 2.45) is 5.73 Å². The summed E-state index contributed by atoms with van der Waals surface area (Å²) in [4.78, 5) is 12.0. The SMILES string of the molecule is CC(C)c1ccc(NC(=O)C2CCC(CN)O2)cc1. The first-order valence-corrected chi connectivity index (χ1v) is 6.86. The zero-order chi connectivity index (χ0) is 13.8. The molecule has 1 amide bonds. The number of hydrogen-bond acceptors (Lipinski definition) is 3. The maximum atomic E-state index is 12.0. The van der Waals surface area contributed by atoms with Crippen molar-refractivity contribution in [1.29, 1.82) is 0 Å². The lowest BCUT2D eigenvalue weighted by molar-refractivity contribution is -0.126. The van der Waals surface area contributed by atoms with Gasteiger partial charge in [0, 0.05) is 12.2 Å². The van der Waals surface area contributed by atoms with Crippen LogP contribution in [0.25, 0.3) is 0 Å². The van der Waals surface area contributed by atoms with E-state index in [-0.39, 0.29) is 18.1 Å². The Morgan fingerprint density at radius 2 is 2.05 bits per heavy atom. The van der Waals surface area contributed by atoms with Gasteiger partial charge in [-0.3, -0.25) is 4.79 Å². The number of ether oxygens (including phenoxy) is 1. The van der Waals surface area contributed by atoms with Crippen LogP contribution in [0, 0.1) is 0 Å². The second-order valence-corrected chi connectivity index (χ2v) is 5.33. The molecule has 0 radical (unpaired) electrons. The van der Waals surface area contributed by atoms with Crippen LogP contribution in [0.3, 0.4) is 0 Å². The number of carbonyl (C=O) groups excluding carboxylic acids is 1. The predicted octanol–water partition coefficient (Wildman–Crippen LogP) is 2.25. The molecule has 19 heavy (non-hydrogen) atoms. The van der Waals surface area contributed by atoms with Gasteiger partial charge < -0.3 is 15.8 Å². The first-order valence-electron chi connectivity index (χ1n) is 6.86. The Labute approximate surface area is 114 Å². The summed E-state index contributed by atoms with van der Waals surface area (Å²) in [6.07, 6.45) is 1.27. The second kappa shape index (κ2) is 6.17. The van der Waals surface area contributed by atoms with E-state index in [0.29, 0.717) is 12.5 Å². The minimum atomic E-state index is -0.363. The summed E-state index contributed by atoms with van der Waals surface area (Å²) in [5, 5.41) is 2.89. The van der Waals surface area contributed by atoms with Crippen LogP contribution in [0.1, 0.15) is 38.2 Å². The summed E-state index contributed by atoms with van der Waals surface area (Å²) in [5.41, 5.74) is 7.61. The molecule has 2 unspecified atom stereocenters. The van der Waals surface area contributed by atoms with Crippen molar-refractivity contribution < 1.29 is 9.53 Å². The van der Waals surface area contributed by atoms with E-state index in [9.17, 15) is 4.79 Å². The van der Waals surface area contributed by atoms with Crippen molar-refractivity contribution in [2.45, 2.75) is 44.8 Å².